The quantitative estimate of drug-likeness (QED) is 0.432. The second-order valence-electron chi connectivity index (χ2n) is 7.22. The summed E-state index contributed by atoms with van der Waals surface area (Å²) in [5.41, 5.74) is 6.52. The third-order valence-corrected chi connectivity index (χ3v) is 6.41. The van der Waals surface area contributed by atoms with E-state index in [2.05, 4.69) is 65.8 Å². The Balaban J connectivity index is 1.53. The van der Waals surface area contributed by atoms with E-state index < -0.39 is 0 Å². The number of nitrogens with zero attached hydrogens (tertiary/aromatic N) is 5. The Morgan fingerprint density at radius 2 is 1.97 bits per heavy atom. The number of aryl methyl sites for hydroxylation is 1. The van der Waals surface area contributed by atoms with Gasteiger partial charge in [0.05, 0.1) is 35.0 Å². The number of nitrogens with one attached hydrogen (secondary N) is 2. The Labute approximate surface area is 175 Å². The Kier molecular flexibility index (Phi) is 3.63. The summed E-state index contributed by atoms with van der Waals surface area (Å²) in [6, 6.07) is 10.4. The van der Waals surface area contributed by atoms with E-state index in [9.17, 15) is 0 Å². The van der Waals surface area contributed by atoms with Gasteiger partial charge in [-0.25, -0.2) is 9.97 Å². The SMILES string of the molecule is Cc1ncc(-c2cc3c(-c4cc5c(-c6cccs6)ccnc5[nH]4)n[nH]c3cn2)n1C. The summed E-state index contributed by atoms with van der Waals surface area (Å²) in [4.78, 5) is 18.2. The third kappa shape index (κ3) is 2.50. The highest BCUT2D eigenvalue weighted by molar-refractivity contribution is 7.13. The van der Waals surface area contributed by atoms with Crippen LogP contribution >= 0.6 is 11.3 Å². The number of fused-ring (bicyclic) bond motifs is 2. The summed E-state index contributed by atoms with van der Waals surface area (Å²) < 4.78 is 2.04. The lowest BCUT2D eigenvalue weighted by molar-refractivity contribution is 0.862. The first-order chi connectivity index (χ1) is 14.7. The molecule has 6 aromatic heterocycles. The van der Waals surface area contributed by atoms with Crippen molar-refractivity contribution >= 4 is 33.3 Å². The van der Waals surface area contributed by atoms with Gasteiger partial charge in [-0.05, 0) is 36.6 Å². The van der Waals surface area contributed by atoms with Crippen LogP contribution in [0.25, 0.3) is 55.2 Å². The highest BCUT2D eigenvalue weighted by Crippen LogP contribution is 2.35. The zero-order chi connectivity index (χ0) is 20.2. The molecular weight excluding hydrogens is 394 g/mol. The molecule has 0 saturated heterocycles. The summed E-state index contributed by atoms with van der Waals surface area (Å²) in [6.07, 6.45) is 5.51. The number of hydrogen-bond acceptors (Lipinski definition) is 5. The number of thiophene rings is 1. The molecule has 0 spiro atoms. The minimum absolute atomic E-state index is 0.850. The topological polar surface area (TPSA) is 88.1 Å². The molecule has 0 aliphatic rings. The molecule has 0 saturated carbocycles. The minimum Gasteiger partial charge on any atom is -0.338 e. The predicted molar refractivity (Wildman–Crippen MR) is 119 cm³/mol. The van der Waals surface area contributed by atoms with E-state index in [1.165, 1.54) is 10.4 Å². The summed E-state index contributed by atoms with van der Waals surface area (Å²) in [5, 5.41) is 11.8. The van der Waals surface area contributed by atoms with Crippen LogP contribution in [0, 0.1) is 6.92 Å². The number of imidazole rings is 1. The monoisotopic (exact) mass is 411 g/mol. The van der Waals surface area contributed by atoms with Crippen LogP contribution in [0.4, 0.5) is 0 Å². The molecule has 0 aromatic carbocycles. The number of rotatable bonds is 3. The number of aromatic nitrogens is 7. The summed E-state index contributed by atoms with van der Waals surface area (Å²) in [5.74, 6) is 0.946. The zero-order valence-corrected chi connectivity index (χ0v) is 17.2. The van der Waals surface area contributed by atoms with Crippen molar-refractivity contribution in [3.63, 3.8) is 0 Å². The smallest absolute Gasteiger partial charge is 0.138 e. The Bertz CT molecular complexity index is 1520. The molecule has 0 aliphatic heterocycles. The average molecular weight is 411 g/mol. The molecule has 146 valence electrons. The maximum absolute atomic E-state index is 4.60. The molecule has 0 bridgehead atoms. The van der Waals surface area contributed by atoms with Crippen molar-refractivity contribution in [3.8, 4) is 33.2 Å². The predicted octanol–water partition coefficient (Wildman–Crippen LogP) is 4.94. The molecule has 0 radical (unpaired) electrons. The second kappa shape index (κ2) is 6.36. The van der Waals surface area contributed by atoms with E-state index in [-0.39, 0.29) is 0 Å². The van der Waals surface area contributed by atoms with Crippen LogP contribution in [-0.2, 0) is 7.05 Å². The van der Waals surface area contributed by atoms with Gasteiger partial charge in [-0.1, -0.05) is 6.07 Å². The van der Waals surface area contributed by atoms with Gasteiger partial charge in [0.15, 0.2) is 0 Å². The molecule has 2 N–H and O–H groups in total. The molecule has 0 unspecified atom stereocenters. The molecule has 6 rings (SSSR count). The molecule has 7 nitrogen and oxygen atoms in total. The minimum atomic E-state index is 0.850. The van der Waals surface area contributed by atoms with Crippen LogP contribution in [0.5, 0.6) is 0 Å². The van der Waals surface area contributed by atoms with Crippen molar-refractivity contribution in [3.05, 3.63) is 60.1 Å². The van der Waals surface area contributed by atoms with Crippen molar-refractivity contribution in [2.75, 3.05) is 0 Å². The van der Waals surface area contributed by atoms with Crippen LogP contribution in [0.3, 0.4) is 0 Å². The summed E-state index contributed by atoms with van der Waals surface area (Å²) in [7, 11) is 2.00. The van der Waals surface area contributed by atoms with E-state index in [1.807, 2.05) is 37.1 Å². The third-order valence-electron chi connectivity index (χ3n) is 5.50. The van der Waals surface area contributed by atoms with Gasteiger partial charge < -0.3 is 9.55 Å². The van der Waals surface area contributed by atoms with Gasteiger partial charge in [-0.2, -0.15) is 5.10 Å². The standard InChI is InChI=1S/C22H17N7S/c1-12-24-11-19(29(12)2)16-9-15-18(10-25-16)27-28-21(15)17-8-14-13(20-4-3-7-30-20)5-6-23-22(14)26-17/h3-11H,1-2H3,(H,23,26)(H,27,28). The van der Waals surface area contributed by atoms with Gasteiger partial charge in [0.25, 0.3) is 0 Å². The van der Waals surface area contributed by atoms with Gasteiger partial charge in [0.1, 0.15) is 17.2 Å². The molecule has 0 amide bonds. The van der Waals surface area contributed by atoms with Crippen LogP contribution in [0.2, 0.25) is 0 Å². The van der Waals surface area contributed by atoms with Crippen molar-refractivity contribution < 1.29 is 0 Å². The largest absolute Gasteiger partial charge is 0.338 e. The maximum atomic E-state index is 4.60. The Hall–Kier alpha value is -3.78. The van der Waals surface area contributed by atoms with Gasteiger partial charge in [0, 0.05) is 34.5 Å². The summed E-state index contributed by atoms with van der Waals surface area (Å²) in [6.45, 7) is 1.98. The van der Waals surface area contributed by atoms with E-state index in [0.717, 1.165) is 50.5 Å². The lowest BCUT2D eigenvalue weighted by Crippen LogP contribution is -1.95. The van der Waals surface area contributed by atoms with E-state index >= 15 is 0 Å². The molecule has 8 heteroatoms. The normalized spacial score (nSPS) is 11.7. The molecule has 6 heterocycles. The highest BCUT2D eigenvalue weighted by atomic mass is 32.1. The van der Waals surface area contributed by atoms with Crippen LogP contribution in [-0.4, -0.2) is 34.7 Å². The maximum Gasteiger partial charge on any atom is 0.138 e. The lowest BCUT2D eigenvalue weighted by atomic mass is 10.1. The van der Waals surface area contributed by atoms with Crippen LogP contribution in [0.1, 0.15) is 5.82 Å². The number of hydrogen-bond donors (Lipinski definition) is 2. The molecular formula is C22H17N7S. The highest BCUT2D eigenvalue weighted by Gasteiger charge is 2.16. The molecule has 6 aromatic rings. The average Bonchev–Trinajstić information content (AvgIpc) is 3.54. The van der Waals surface area contributed by atoms with Gasteiger partial charge in [-0.3, -0.25) is 10.1 Å². The van der Waals surface area contributed by atoms with Gasteiger partial charge >= 0.3 is 0 Å². The molecule has 0 fully saturated rings. The fourth-order valence-corrected chi connectivity index (χ4v) is 4.57. The van der Waals surface area contributed by atoms with Gasteiger partial charge in [-0.15, -0.1) is 11.3 Å². The first-order valence-electron chi connectivity index (χ1n) is 9.54. The van der Waals surface area contributed by atoms with Crippen LogP contribution in [0.15, 0.2) is 54.3 Å². The van der Waals surface area contributed by atoms with E-state index in [4.69, 9.17) is 0 Å². The van der Waals surface area contributed by atoms with E-state index in [0.29, 0.717) is 0 Å². The van der Waals surface area contributed by atoms with Crippen molar-refractivity contribution in [2.24, 2.45) is 7.05 Å². The Morgan fingerprint density at radius 3 is 2.77 bits per heavy atom. The molecule has 0 atom stereocenters. The first kappa shape index (κ1) is 17.1. The van der Waals surface area contributed by atoms with Crippen molar-refractivity contribution in [1.29, 1.82) is 0 Å². The van der Waals surface area contributed by atoms with Crippen molar-refractivity contribution in [2.45, 2.75) is 6.92 Å². The molecule has 30 heavy (non-hydrogen) atoms. The van der Waals surface area contributed by atoms with E-state index in [1.54, 1.807) is 11.3 Å². The van der Waals surface area contributed by atoms with Crippen molar-refractivity contribution in [1.82, 2.24) is 34.7 Å². The first-order valence-corrected chi connectivity index (χ1v) is 10.4. The zero-order valence-electron chi connectivity index (χ0n) is 16.3. The number of H-pyrrole nitrogens is 2. The fraction of sp³-hybridized carbons (Fsp3) is 0.0909. The fourth-order valence-electron chi connectivity index (χ4n) is 3.80. The number of aromatic amines is 2. The van der Waals surface area contributed by atoms with Gasteiger partial charge in [0.2, 0.25) is 0 Å². The number of pyridine rings is 2. The lowest BCUT2D eigenvalue weighted by Gasteiger charge is -2.03. The van der Waals surface area contributed by atoms with Crippen LogP contribution < -0.4 is 0 Å². The summed E-state index contributed by atoms with van der Waals surface area (Å²) >= 11 is 1.72. The Morgan fingerprint density at radius 1 is 1.03 bits per heavy atom. The molecule has 0 aliphatic carbocycles. The second-order valence-corrected chi connectivity index (χ2v) is 8.17.